The molecule has 1 unspecified atom stereocenters. The number of benzene rings is 1. The lowest BCUT2D eigenvalue weighted by Gasteiger charge is -2.47. The number of amides is 1. The van der Waals surface area contributed by atoms with Crippen LogP contribution in [0.3, 0.4) is 0 Å². The summed E-state index contributed by atoms with van der Waals surface area (Å²) in [7, 11) is -5.02. The number of hydrogen-bond donors (Lipinski definition) is 24. The number of halogens is 1. The van der Waals surface area contributed by atoms with Crippen molar-refractivity contribution in [3.8, 4) is 0 Å². The van der Waals surface area contributed by atoms with Crippen molar-refractivity contribution in [2.24, 2.45) is 0 Å². The van der Waals surface area contributed by atoms with Crippen LogP contribution in [0.4, 0.5) is 0 Å². The summed E-state index contributed by atoms with van der Waals surface area (Å²) in [4.78, 5) is 65.7. The highest BCUT2D eigenvalue weighted by molar-refractivity contribution is 14.1. The SMILES string of the molecule is O=C(CCCCCOP(=O)(O)OC[C@H]1O[C@@H](n2cc(I)c(=O)[nH]c2=O)C[C@@H]1OC(=O)c1ccccc1)NC(CO[C@@H]1O[C@H](CO)[C@@H](O[C@@H]2O[C@H](CO)[C@H](O)[C@H](O)[C@H]2O)[C@H](O)[C@H]1O)(CO[C@@H]1O[C@H](CO)[C@@H](O[C@@H]2O[C@H](CO)[C@H](O)[C@H](O)[C@H]2O)[C@H](O)[C@H]1O)CO[C@@H]1O[C@H](CO)[C@@H](O[C@@H]2O[C@H](CO)[C@H](O)[C@H](O)[C@H]2O)[C@H](O)[C@H]1O. The van der Waals surface area contributed by atoms with Crippen LogP contribution in [0, 0.1) is 3.57 Å². The molecule has 8 heterocycles. The van der Waals surface area contributed by atoms with E-state index in [-0.39, 0.29) is 34.8 Å². The van der Waals surface area contributed by atoms with Crippen LogP contribution in [0.15, 0.2) is 46.1 Å². The number of ether oxygens (including phenoxy) is 14. The van der Waals surface area contributed by atoms with Crippen molar-refractivity contribution in [1.29, 1.82) is 0 Å². The summed E-state index contributed by atoms with van der Waals surface area (Å²) in [6.45, 7) is -10.9. The Morgan fingerprint density at radius 3 is 1.29 bits per heavy atom. The van der Waals surface area contributed by atoms with Crippen molar-refractivity contribution in [3.05, 3.63) is 66.5 Å². The minimum atomic E-state index is -5.02. The molecule has 34 atom stereocenters. The molecule has 7 aliphatic heterocycles. The first kappa shape index (κ1) is 90.2. The molecule has 1 amide bonds. The highest BCUT2D eigenvalue weighted by Crippen LogP contribution is 2.45. The predicted molar refractivity (Wildman–Crippen MR) is 356 cm³/mol. The Morgan fingerprint density at radius 1 is 0.500 bits per heavy atom. The number of unbranched alkanes of at least 4 members (excludes halogenated alkanes) is 2. The van der Waals surface area contributed by atoms with Gasteiger partial charge in [0.05, 0.1) is 81.8 Å². The van der Waals surface area contributed by atoms with E-state index < -0.39 is 318 Å². The van der Waals surface area contributed by atoms with Crippen LogP contribution in [0.25, 0.3) is 0 Å². The first-order chi connectivity index (χ1) is 52.2. The van der Waals surface area contributed by atoms with Crippen molar-refractivity contribution < 1.29 is 202 Å². The number of aromatic nitrogens is 2. The first-order valence-electron chi connectivity index (χ1n) is 34.7. The molecule has 0 radical (unpaired) electrons. The topological polar surface area (TPSA) is 711 Å². The standard InChI is InChI=1S/C62H95IN3O43P/c63-24-12-66(61(91)64-53(24)89)34-11-25(100-54(90)23-7-3-1-4-8-23)32(99-34)19-98-110(92,93)97-10-6-2-5-9-33(73)65-62(20-94-55-47(86)41(80)50(29(16-70)104-55)107-58-44(83)38(77)35(74)26(13-67)101-58,21-95-56-48(87)42(81)51(30(17-71)105-56)108-59-45(84)39(78)36(75)27(14-68)102-59)22-96-57-49(88)43(82)52(31(18-72)106-57)109-60-46(85)40(79)37(76)28(15-69)103-60/h1,3-4,7-8,12,25-32,34-52,55-60,67-72,74-88H,2,5-6,9-11,13-22H2,(H,65,73)(H,92,93)(H,64,89,91)/t25-,26+,27+,28+,29+,30+,31+,32+,34+,35-,36-,37-,38-,39-,40-,41+,42+,43+,44+,45+,46+,47+,48+,49+,50+,51+,52+,55+,56+,57+,58-,59-,60-/m0/s1. The van der Waals surface area contributed by atoms with E-state index in [1.165, 1.54) is 18.3 Å². The third-order valence-electron chi connectivity index (χ3n) is 19.2. The Bertz CT molecular complexity index is 3190. The van der Waals surface area contributed by atoms with E-state index in [4.69, 9.17) is 75.4 Å². The molecule has 7 saturated heterocycles. The number of hydrogen-bond acceptors (Lipinski definition) is 42. The highest BCUT2D eigenvalue weighted by Gasteiger charge is 2.56. The third kappa shape index (κ3) is 21.6. The fraction of sp³-hybridized carbons (Fsp3) is 0.806. The lowest BCUT2D eigenvalue weighted by Crippen LogP contribution is -2.67. The van der Waals surface area contributed by atoms with Crippen LogP contribution in [0.5, 0.6) is 0 Å². The minimum Gasteiger partial charge on any atom is -0.456 e. The summed E-state index contributed by atoms with van der Waals surface area (Å²) < 4.78 is 105. The maximum absolute atomic E-state index is 14.6. The van der Waals surface area contributed by atoms with E-state index in [1.54, 1.807) is 40.8 Å². The van der Waals surface area contributed by atoms with Gasteiger partial charge in [0.15, 0.2) is 37.7 Å². The van der Waals surface area contributed by atoms with Gasteiger partial charge in [-0.1, -0.05) is 24.6 Å². The van der Waals surface area contributed by atoms with Gasteiger partial charge in [-0.05, 0) is 47.6 Å². The van der Waals surface area contributed by atoms with Gasteiger partial charge in [-0.25, -0.2) is 14.2 Å². The van der Waals surface area contributed by atoms with Crippen LogP contribution < -0.4 is 16.6 Å². The number of nitrogens with one attached hydrogen (secondary N) is 2. The molecule has 0 bridgehead atoms. The molecule has 1 aromatic heterocycles. The molecule has 0 spiro atoms. The number of carbonyl (C=O) groups is 2. The molecule has 0 saturated carbocycles. The van der Waals surface area contributed by atoms with E-state index in [2.05, 4.69) is 10.3 Å². The predicted octanol–water partition coefficient (Wildman–Crippen LogP) is -12.9. The lowest BCUT2D eigenvalue weighted by molar-refractivity contribution is -0.367. The molecule has 2 aromatic rings. The Kier molecular flexibility index (Phi) is 33.2. The zero-order chi connectivity index (χ0) is 80.4. The number of nitrogens with zero attached hydrogens (tertiary/aromatic N) is 1. The van der Waals surface area contributed by atoms with Crippen LogP contribution >= 0.6 is 30.4 Å². The minimum absolute atomic E-state index is 0.0136. The first-order valence-corrected chi connectivity index (χ1v) is 37.3. The molecule has 0 aliphatic carbocycles. The van der Waals surface area contributed by atoms with Gasteiger partial charge >= 0.3 is 19.5 Å². The lowest BCUT2D eigenvalue weighted by atomic mass is 9.96. The zero-order valence-corrected chi connectivity index (χ0v) is 61.1. The summed E-state index contributed by atoms with van der Waals surface area (Å²) in [5, 5.41) is 229. The van der Waals surface area contributed by atoms with Gasteiger partial charge in [0.1, 0.15) is 170 Å². The van der Waals surface area contributed by atoms with Gasteiger partial charge in [0.2, 0.25) is 5.91 Å². The molecule has 628 valence electrons. The number of aliphatic hydroxyl groups is 21. The fourth-order valence-corrected chi connectivity index (χ4v) is 14.1. The van der Waals surface area contributed by atoms with Crippen LogP contribution in [-0.2, 0) is 84.7 Å². The second-order valence-electron chi connectivity index (χ2n) is 27.0. The monoisotopic (exact) mass is 1730 g/mol. The molecular formula is C62H95IN3O43P. The van der Waals surface area contributed by atoms with E-state index >= 15 is 0 Å². The van der Waals surface area contributed by atoms with Crippen molar-refractivity contribution in [2.45, 2.75) is 240 Å². The fourth-order valence-electron chi connectivity index (χ4n) is 12.9. The van der Waals surface area contributed by atoms with Gasteiger partial charge in [-0.3, -0.25) is 28.2 Å². The summed E-state index contributed by atoms with van der Waals surface area (Å²) in [6.07, 6.45) is -63.4. The van der Waals surface area contributed by atoms with Crippen molar-refractivity contribution in [3.63, 3.8) is 0 Å². The molecule has 9 rings (SSSR count). The van der Waals surface area contributed by atoms with E-state index in [1.807, 2.05) is 0 Å². The summed E-state index contributed by atoms with van der Waals surface area (Å²) >= 11 is 1.68. The van der Waals surface area contributed by atoms with E-state index in [0.29, 0.717) is 0 Å². The molecule has 24 N–H and O–H groups in total. The second-order valence-corrected chi connectivity index (χ2v) is 29.6. The number of phosphoric ester groups is 1. The summed E-state index contributed by atoms with van der Waals surface area (Å²) in [5.41, 5.74) is -3.94. The second kappa shape index (κ2) is 40.5. The highest BCUT2D eigenvalue weighted by atomic mass is 127. The van der Waals surface area contributed by atoms with Crippen molar-refractivity contribution >= 4 is 42.3 Å². The molecule has 7 aliphatic rings. The van der Waals surface area contributed by atoms with Crippen LogP contribution in [-0.4, -0.2) is 408 Å². The number of phosphoric acid groups is 1. The number of esters is 1. The molecular weight excluding hydrogens is 1630 g/mol. The van der Waals surface area contributed by atoms with Gasteiger partial charge in [-0.2, -0.15) is 0 Å². The number of rotatable bonds is 35. The average molecular weight is 1730 g/mol. The van der Waals surface area contributed by atoms with Crippen LogP contribution in [0.2, 0.25) is 0 Å². The van der Waals surface area contributed by atoms with Crippen molar-refractivity contribution in [2.75, 3.05) is 72.7 Å². The largest absolute Gasteiger partial charge is 0.472 e. The summed E-state index contributed by atoms with van der Waals surface area (Å²) in [5.74, 6) is -1.84. The van der Waals surface area contributed by atoms with Crippen molar-refractivity contribution in [1.82, 2.24) is 14.9 Å². The summed E-state index contributed by atoms with van der Waals surface area (Å²) in [6, 6.07) is 7.71. The number of aliphatic hydroxyl groups excluding tert-OH is 21. The smallest absolute Gasteiger partial charge is 0.456 e. The third-order valence-corrected chi connectivity index (χ3v) is 21.0. The quantitative estimate of drug-likeness (QED) is 0.0132. The Hall–Kier alpha value is -3.68. The molecule has 46 nitrogen and oxygen atoms in total. The Morgan fingerprint density at radius 2 is 0.891 bits per heavy atom. The normalized spacial score (nSPS) is 40.5. The Labute approximate surface area is 635 Å². The van der Waals surface area contributed by atoms with E-state index in [0.717, 1.165) is 4.57 Å². The number of aromatic amines is 1. The molecule has 110 heavy (non-hydrogen) atoms. The maximum Gasteiger partial charge on any atom is 0.472 e. The van der Waals surface area contributed by atoms with Gasteiger partial charge < -0.3 is 184 Å². The molecule has 7 fully saturated rings. The van der Waals surface area contributed by atoms with Crippen LogP contribution in [0.1, 0.15) is 48.7 Å². The molecule has 1 aromatic carbocycles. The van der Waals surface area contributed by atoms with E-state index in [9.17, 15) is 136 Å². The zero-order valence-electron chi connectivity index (χ0n) is 58.0. The van der Waals surface area contributed by atoms with Gasteiger partial charge in [0, 0.05) is 19.0 Å². The Balaban J connectivity index is 0.943. The number of H-pyrrole nitrogens is 1. The average Bonchev–Trinajstić information content (AvgIpc) is 1.04. The number of carbonyl (C=O) groups excluding carboxylic acids is 2. The van der Waals surface area contributed by atoms with Gasteiger partial charge in [-0.15, -0.1) is 0 Å². The maximum atomic E-state index is 14.6. The van der Waals surface area contributed by atoms with Gasteiger partial charge in [0.25, 0.3) is 5.56 Å². The molecule has 48 heteroatoms.